The number of hydrogen-bond donors (Lipinski definition) is 1. The fourth-order valence-corrected chi connectivity index (χ4v) is 2.08. The lowest BCUT2D eigenvalue weighted by Crippen LogP contribution is -2.12. The number of thioether (sulfide) groups is 1. The van der Waals surface area contributed by atoms with Crippen molar-refractivity contribution in [2.75, 3.05) is 6.26 Å². The van der Waals surface area contributed by atoms with Crippen molar-refractivity contribution >= 4 is 34.2 Å². The predicted octanol–water partition coefficient (Wildman–Crippen LogP) is 2.95. The Kier molecular flexibility index (Phi) is 4.44. The van der Waals surface area contributed by atoms with Crippen molar-refractivity contribution in [2.45, 2.75) is 0 Å². The molecule has 0 saturated carbocycles. The number of hydrogen-bond acceptors (Lipinski definition) is 4. The smallest absolute Gasteiger partial charge is 0.183 e. The summed E-state index contributed by atoms with van der Waals surface area (Å²) in [5.41, 5.74) is 1.51. The lowest BCUT2D eigenvalue weighted by atomic mass is 10.3. The number of nitrogens with one attached hydrogen (secondary N) is 1. The average Bonchev–Trinajstić information content (AvgIpc) is 2.92. The molecule has 2 rings (SSSR count). The molecule has 19 heavy (non-hydrogen) atoms. The van der Waals surface area contributed by atoms with Gasteiger partial charge in [0.15, 0.2) is 11.4 Å². The van der Waals surface area contributed by atoms with Gasteiger partial charge in [0, 0.05) is 12.4 Å². The van der Waals surface area contributed by atoms with Crippen molar-refractivity contribution in [3.8, 4) is 11.9 Å². The highest BCUT2D eigenvalue weighted by atomic mass is 35.5. The Morgan fingerprint density at radius 2 is 2.42 bits per heavy atom. The summed E-state index contributed by atoms with van der Waals surface area (Å²) in [4.78, 5) is 8.26. The summed E-state index contributed by atoms with van der Waals surface area (Å²) in [6.07, 6.45) is 8.85. The second-order valence-corrected chi connectivity index (χ2v) is 4.67. The Labute approximate surface area is 119 Å². The van der Waals surface area contributed by atoms with Crippen LogP contribution in [0.3, 0.4) is 0 Å². The van der Waals surface area contributed by atoms with Crippen molar-refractivity contribution in [3.05, 3.63) is 41.9 Å². The SMILES string of the molecule is CSC(=Nc1ccc(-n2ccnc2)c(Cl)c1)NC#N. The minimum absolute atomic E-state index is 0.522. The van der Waals surface area contributed by atoms with E-state index in [4.69, 9.17) is 16.9 Å². The molecule has 0 spiro atoms. The lowest BCUT2D eigenvalue weighted by Gasteiger charge is -2.06. The summed E-state index contributed by atoms with van der Waals surface area (Å²) in [7, 11) is 0. The number of halogens is 1. The Morgan fingerprint density at radius 3 is 3.00 bits per heavy atom. The number of imidazole rings is 1. The van der Waals surface area contributed by atoms with Crippen LogP contribution in [0.25, 0.3) is 5.69 Å². The molecule has 0 saturated heterocycles. The van der Waals surface area contributed by atoms with Gasteiger partial charge in [-0.15, -0.1) is 0 Å². The number of nitriles is 1. The zero-order chi connectivity index (χ0) is 13.7. The van der Waals surface area contributed by atoms with Crippen LogP contribution in [0.15, 0.2) is 41.9 Å². The third-order valence-electron chi connectivity index (χ3n) is 2.30. The van der Waals surface area contributed by atoms with E-state index in [-0.39, 0.29) is 0 Å². The van der Waals surface area contributed by atoms with E-state index in [1.54, 1.807) is 18.6 Å². The van der Waals surface area contributed by atoms with Gasteiger partial charge in [0.1, 0.15) is 0 Å². The maximum absolute atomic E-state index is 8.58. The van der Waals surface area contributed by atoms with Gasteiger partial charge in [0.25, 0.3) is 0 Å². The molecule has 0 fully saturated rings. The number of benzene rings is 1. The van der Waals surface area contributed by atoms with E-state index in [2.05, 4.69) is 15.3 Å². The molecule has 0 aliphatic carbocycles. The van der Waals surface area contributed by atoms with Gasteiger partial charge in [-0.3, -0.25) is 5.32 Å². The van der Waals surface area contributed by atoms with Crippen LogP contribution in [0, 0.1) is 11.5 Å². The summed E-state index contributed by atoms with van der Waals surface area (Å²) < 4.78 is 1.82. The van der Waals surface area contributed by atoms with Crippen LogP contribution in [0.2, 0.25) is 5.02 Å². The molecule has 5 nitrogen and oxygen atoms in total. The van der Waals surface area contributed by atoms with E-state index in [1.165, 1.54) is 11.8 Å². The first-order valence-electron chi connectivity index (χ1n) is 5.30. The molecule has 1 N–H and O–H groups in total. The van der Waals surface area contributed by atoms with Crippen LogP contribution in [0.5, 0.6) is 0 Å². The van der Waals surface area contributed by atoms with Crippen LogP contribution < -0.4 is 5.32 Å². The van der Waals surface area contributed by atoms with Gasteiger partial charge in [0.05, 0.1) is 22.7 Å². The summed E-state index contributed by atoms with van der Waals surface area (Å²) in [6, 6.07) is 5.43. The molecule has 1 aromatic carbocycles. The molecule has 0 aliphatic heterocycles. The van der Waals surface area contributed by atoms with Gasteiger partial charge < -0.3 is 4.57 Å². The molecular formula is C12H10ClN5S. The third kappa shape index (κ3) is 3.28. The first-order valence-corrected chi connectivity index (χ1v) is 6.90. The maximum Gasteiger partial charge on any atom is 0.183 e. The third-order valence-corrected chi connectivity index (χ3v) is 3.18. The summed E-state index contributed by atoms with van der Waals surface area (Å²) in [6.45, 7) is 0. The Bertz CT molecular complexity index is 630. The van der Waals surface area contributed by atoms with Gasteiger partial charge in [-0.25, -0.2) is 9.98 Å². The van der Waals surface area contributed by atoms with Crippen LogP contribution in [0.4, 0.5) is 5.69 Å². The van der Waals surface area contributed by atoms with Crippen molar-refractivity contribution in [3.63, 3.8) is 0 Å². The molecule has 96 valence electrons. The molecular weight excluding hydrogens is 282 g/mol. The second-order valence-electron chi connectivity index (χ2n) is 3.46. The number of rotatable bonds is 2. The van der Waals surface area contributed by atoms with Gasteiger partial charge in [-0.1, -0.05) is 23.4 Å². The van der Waals surface area contributed by atoms with Crippen molar-refractivity contribution in [1.29, 1.82) is 5.26 Å². The molecule has 1 heterocycles. The Balaban J connectivity index is 2.32. The minimum atomic E-state index is 0.522. The Hall–Kier alpha value is -1.97. The Morgan fingerprint density at radius 1 is 1.58 bits per heavy atom. The summed E-state index contributed by atoms with van der Waals surface area (Å²) in [5.74, 6) is 0. The molecule has 1 aromatic heterocycles. The number of nitrogens with zero attached hydrogens (tertiary/aromatic N) is 4. The standard InChI is InChI=1S/C12H10ClN5S/c1-19-12(16-7-14)17-9-2-3-11(10(13)6-9)18-5-4-15-8-18/h2-6,8H,1H3,(H,16,17). The first-order chi connectivity index (χ1) is 9.24. The van der Waals surface area contributed by atoms with E-state index < -0.39 is 0 Å². The van der Waals surface area contributed by atoms with Crippen molar-refractivity contribution in [1.82, 2.24) is 14.9 Å². The zero-order valence-electron chi connectivity index (χ0n) is 10.0. The molecule has 0 atom stereocenters. The number of amidine groups is 1. The van der Waals surface area contributed by atoms with Gasteiger partial charge >= 0.3 is 0 Å². The number of aromatic nitrogens is 2. The highest BCUT2D eigenvalue weighted by molar-refractivity contribution is 8.13. The van der Waals surface area contributed by atoms with Crippen molar-refractivity contribution < 1.29 is 0 Å². The van der Waals surface area contributed by atoms with E-state index >= 15 is 0 Å². The quantitative estimate of drug-likeness (QED) is 0.400. The van der Waals surface area contributed by atoms with Crippen LogP contribution in [0.1, 0.15) is 0 Å². The minimum Gasteiger partial charge on any atom is -0.305 e. The normalized spacial score (nSPS) is 11.1. The van der Waals surface area contributed by atoms with Crippen LogP contribution in [-0.4, -0.2) is 21.0 Å². The zero-order valence-corrected chi connectivity index (χ0v) is 11.6. The van der Waals surface area contributed by atoms with E-state index in [9.17, 15) is 0 Å². The van der Waals surface area contributed by atoms with Gasteiger partial charge in [0.2, 0.25) is 0 Å². The first kappa shape index (κ1) is 13.5. The van der Waals surface area contributed by atoms with E-state index in [1.807, 2.05) is 35.3 Å². The van der Waals surface area contributed by atoms with E-state index in [0.29, 0.717) is 15.9 Å². The topological polar surface area (TPSA) is 66.0 Å². The lowest BCUT2D eigenvalue weighted by molar-refractivity contribution is 1.06. The molecule has 0 radical (unpaired) electrons. The largest absolute Gasteiger partial charge is 0.305 e. The van der Waals surface area contributed by atoms with Gasteiger partial charge in [-0.2, -0.15) is 5.26 Å². The maximum atomic E-state index is 8.58. The molecule has 2 aromatic rings. The fraction of sp³-hybridized carbons (Fsp3) is 0.0833. The highest BCUT2D eigenvalue weighted by Crippen LogP contribution is 2.26. The van der Waals surface area contributed by atoms with Crippen molar-refractivity contribution in [2.24, 2.45) is 4.99 Å². The summed E-state index contributed by atoms with van der Waals surface area (Å²) >= 11 is 7.57. The van der Waals surface area contributed by atoms with Gasteiger partial charge in [-0.05, 0) is 24.5 Å². The monoisotopic (exact) mass is 291 g/mol. The molecule has 0 aliphatic rings. The van der Waals surface area contributed by atoms with Crippen LogP contribution >= 0.6 is 23.4 Å². The summed E-state index contributed by atoms with van der Waals surface area (Å²) in [5, 5.41) is 12.2. The molecule has 0 bridgehead atoms. The molecule has 7 heteroatoms. The fourth-order valence-electron chi connectivity index (χ4n) is 1.47. The average molecular weight is 292 g/mol. The predicted molar refractivity (Wildman–Crippen MR) is 77.9 cm³/mol. The molecule has 0 unspecified atom stereocenters. The molecule has 0 amide bonds. The number of aliphatic imine (C=N–C) groups is 1. The second kappa shape index (κ2) is 6.27. The highest BCUT2D eigenvalue weighted by Gasteiger charge is 2.04. The van der Waals surface area contributed by atoms with E-state index in [0.717, 1.165) is 5.69 Å². The van der Waals surface area contributed by atoms with Crippen LogP contribution in [-0.2, 0) is 0 Å².